The van der Waals surface area contributed by atoms with Gasteiger partial charge in [-0.1, -0.05) is 0 Å². The molecule has 0 radical (unpaired) electrons. The van der Waals surface area contributed by atoms with E-state index in [0.717, 1.165) is 57.5 Å². The fourth-order valence-corrected chi connectivity index (χ4v) is 3.64. The maximum atomic E-state index is 5.17. The third-order valence-corrected chi connectivity index (χ3v) is 5.04. The molecule has 0 saturated carbocycles. The van der Waals surface area contributed by atoms with Crippen molar-refractivity contribution >= 4 is 22.9 Å². The molecule has 2 saturated heterocycles. The van der Waals surface area contributed by atoms with Crippen LogP contribution >= 0.6 is 0 Å². The standard InChI is InChI=1S/C16H25N7O2/c1-24-9-8-22-7-4-12(11-22)10-17-15-16(23-5-2-3-6-23)19-14-13(18-15)20-25-21-14/h12H,2-11H2,1H3,(H,17,18,20)/t12-/m1/s1. The predicted octanol–water partition coefficient (Wildman–Crippen LogP) is 0.993. The molecule has 2 aliphatic rings. The molecule has 9 heteroatoms. The van der Waals surface area contributed by atoms with Gasteiger partial charge in [0.1, 0.15) is 0 Å². The molecule has 2 aromatic rings. The Morgan fingerprint density at radius 1 is 1.16 bits per heavy atom. The number of hydrogen-bond acceptors (Lipinski definition) is 9. The maximum absolute atomic E-state index is 5.17. The predicted molar refractivity (Wildman–Crippen MR) is 93.8 cm³/mol. The van der Waals surface area contributed by atoms with Crippen LogP contribution in [0.1, 0.15) is 19.3 Å². The van der Waals surface area contributed by atoms with Crippen LogP contribution in [0.5, 0.6) is 0 Å². The van der Waals surface area contributed by atoms with Gasteiger partial charge in [-0.2, -0.15) is 0 Å². The van der Waals surface area contributed by atoms with Crippen LogP contribution in [-0.4, -0.2) is 78.2 Å². The molecule has 1 N–H and O–H groups in total. The van der Waals surface area contributed by atoms with Crippen molar-refractivity contribution in [2.45, 2.75) is 19.3 Å². The summed E-state index contributed by atoms with van der Waals surface area (Å²) in [6, 6.07) is 0. The van der Waals surface area contributed by atoms with Crippen molar-refractivity contribution in [2.24, 2.45) is 5.92 Å². The maximum Gasteiger partial charge on any atom is 0.245 e. The van der Waals surface area contributed by atoms with Crippen LogP contribution in [0, 0.1) is 5.92 Å². The third-order valence-electron chi connectivity index (χ3n) is 5.04. The van der Waals surface area contributed by atoms with Crippen molar-refractivity contribution in [1.29, 1.82) is 0 Å². The number of ether oxygens (including phenoxy) is 1. The first-order chi connectivity index (χ1) is 12.3. The lowest BCUT2D eigenvalue weighted by Crippen LogP contribution is -2.27. The Morgan fingerprint density at radius 3 is 2.76 bits per heavy atom. The topological polar surface area (TPSA) is 92.4 Å². The van der Waals surface area contributed by atoms with E-state index in [2.05, 4.69) is 35.4 Å². The van der Waals surface area contributed by atoms with Gasteiger partial charge in [-0.05, 0) is 42.0 Å². The number of nitrogens with one attached hydrogen (secondary N) is 1. The minimum absolute atomic E-state index is 0.457. The highest BCUT2D eigenvalue weighted by Gasteiger charge is 2.24. The van der Waals surface area contributed by atoms with Crippen LogP contribution < -0.4 is 10.2 Å². The number of likely N-dealkylation sites (tertiary alicyclic amines) is 1. The van der Waals surface area contributed by atoms with E-state index in [1.54, 1.807) is 7.11 Å². The van der Waals surface area contributed by atoms with Crippen LogP contribution in [-0.2, 0) is 4.74 Å². The molecule has 2 aliphatic heterocycles. The van der Waals surface area contributed by atoms with E-state index < -0.39 is 0 Å². The molecule has 4 heterocycles. The SMILES string of the molecule is COCCN1CC[C@H](CNc2nc3nonc3nc2N2CCCC2)C1. The summed E-state index contributed by atoms with van der Waals surface area (Å²) >= 11 is 0. The molecule has 0 spiro atoms. The Morgan fingerprint density at radius 2 is 1.96 bits per heavy atom. The van der Waals surface area contributed by atoms with Crippen molar-refractivity contribution < 1.29 is 9.37 Å². The molecule has 9 nitrogen and oxygen atoms in total. The van der Waals surface area contributed by atoms with Crippen molar-refractivity contribution in [2.75, 3.05) is 63.2 Å². The highest BCUT2D eigenvalue weighted by molar-refractivity contribution is 5.74. The van der Waals surface area contributed by atoms with Gasteiger partial charge in [0.2, 0.25) is 11.3 Å². The lowest BCUT2D eigenvalue weighted by molar-refractivity contribution is 0.159. The number of nitrogens with zero attached hydrogens (tertiary/aromatic N) is 6. The van der Waals surface area contributed by atoms with E-state index in [9.17, 15) is 0 Å². The second kappa shape index (κ2) is 7.49. The summed E-state index contributed by atoms with van der Waals surface area (Å²) in [4.78, 5) is 13.9. The molecule has 25 heavy (non-hydrogen) atoms. The number of fused-ring (bicyclic) bond motifs is 1. The van der Waals surface area contributed by atoms with Crippen LogP contribution in [0.3, 0.4) is 0 Å². The van der Waals surface area contributed by atoms with Gasteiger partial charge in [0.25, 0.3) is 0 Å². The second-order valence-corrected chi connectivity index (χ2v) is 6.83. The molecule has 0 bridgehead atoms. The van der Waals surface area contributed by atoms with E-state index in [4.69, 9.17) is 9.37 Å². The first-order valence-corrected chi connectivity index (χ1v) is 9.04. The molecule has 0 amide bonds. The van der Waals surface area contributed by atoms with Gasteiger partial charge in [-0.3, -0.25) is 0 Å². The molecule has 0 aromatic carbocycles. The number of anilines is 2. The molecule has 2 aromatic heterocycles. The Kier molecular flexibility index (Phi) is 4.93. The van der Waals surface area contributed by atoms with Crippen LogP contribution in [0.15, 0.2) is 4.63 Å². The second-order valence-electron chi connectivity index (χ2n) is 6.83. The average molecular weight is 347 g/mol. The lowest BCUT2D eigenvalue weighted by atomic mass is 10.1. The van der Waals surface area contributed by atoms with Gasteiger partial charge >= 0.3 is 0 Å². The quantitative estimate of drug-likeness (QED) is 0.787. The Hall–Kier alpha value is -2.00. The minimum atomic E-state index is 0.457. The zero-order chi connectivity index (χ0) is 17.1. The lowest BCUT2D eigenvalue weighted by Gasteiger charge is -2.20. The van der Waals surface area contributed by atoms with Gasteiger partial charge in [0.05, 0.1) is 6.61 Å². The van der Waals surface area contributed by atoms with Gasteiger partial charge in [-0.15, -0.1) is 0 Å². The highest BCUT2D eigenvalue weighted by Crippen LogP contribution is 2.27. The van der Waals surface area contributed by atoms with E-state index in [0.29, 0.717) is 17.2 Å². The normalized spacial score (nSPS) is 21.5. The number of methoxy groups -OCH3 is 1. The molecular weight excluding hydrogens is 322 g/mol. The first kappa shape index (κ1) is 16.5. The zero-order valence-electron chi connectivity index (χ0n) is 14.6. The smallest absolute Gasteiger partial charge is 0.245 e. The Bertz CT molecular complexity index is 701. The monoisotopic (exact) mass is 347 g/mol. The molecular formula is C16H25N7O2. The summed E-state index contributed by atoms with van der Waals surface area (Å²) in [5, 5.41) is 11.2. The molecule has 136 valence electrons. The van der Waals surface area contributed by atoms with Gasteiger partial charge < -0.3 is 19.9 Å². The molecule has 0 aliphatic carbocycles. The Balaban J connectivity index is 1.44. The van der Waals surface area contributed by atoms with Crippen LogP contribution in [0.4, 0.5) is 11.6 Å². The fraction of sp³-hybridized carbons (Fsp3) is 0.750. The summed E-state index contributed by atoms with van der Waals surface area (Å²) in [7, 11) is 1.75. The molecule has 1 atom stereocenters. The summed E-state index contributed by atoms with van der Waals surface area (Å²) in [6.45, 7) is 6.92. The number of rotatable bonds is 7. The van der Waals surface area contributed by atoms with Gasteiger partial charge in [0, 0.05) is 39.8 Å². The van der Waals surface area contributed by atoms with E-state index in [1.165, 1.54) is 19.3 Å². The summed E-state index contributed by atoms with van der Waals surface area (Å²) in [5.74, 6) is 2.27. The molecule has 0 unspecified atom stereocenters. The largest absolute Gasteiger partial charge is 0.383 e. The minimum Gasteiger partial charge on any atom is -0.383 e. The van der Waals surface area contributed by atoms with E-state index >= 15 is 0 Å². The summed E-state index contributed by atoms with van der Waals surface area (Å²) < 4.78 is 9.95. The Labute approximate surface area is 146 Å². The van der Waals surface area contributed by atoms with Crippen molar-refractivity contribution in [3.8, 4) is 0 Å². The van der Waals surface area contributed by atoms with E-state index in [-0.39, 0.29) is 0 Å². The van der Waals surface area contributed by atoms with Crippen LogP contribution in [0.25, 0.3) is 11.3 Å². The summed E-state index contributed by atoms with van der Waals surface area (Å²) in [5.41, 5.74) is 0.928. The highest BCUT2D eigenvalue weighted by atomic mass is 16.6. The zero-order valence-corrected chi connectivity index (χ0v) is 14.6. The molecule has 2 fully saturated rings. The van der Waals surface area contributed by atoms with Gasteiger partial charge in [-0.25, -0.2) is 14.6 Å². The van der Waals surface area contributed by atoms with Crippen molar-refractivity contribution in [3.05, 3.63) is 0 Å². The first-order valence-electron chi connectivity index (χ1n) is 9.04. The fourth-order valence-electron chi connectivity index (χ4n) is 3.64. The number of aromatic nitrogens is 4. The summed E-state index contributed by atoms with van der Waals surface area (Å²) in [6.07, 6.45) is 3.57. The average Bonchev–Trinajstić information content (AvgIpc) is 3.38. The van der Waals surface area contributed by atoms with Crippen molar-refractivity contribution in [3.63, 3.8) is 0 Å². The van der Waals surface area contributed by atoms with Crippen molar-refractivity contribution in [1.82, 2.24) is 25.2 Å². The third kappa shape index (κ3) is 3.67. The van der Waals surface area contributed by atoms with Gasteiger partial charge in [0.15, 0.2) is 11.6 Å². The van der Waals surface area contributed by atoms with Crippen LogP contribution in [0.2, 0.25) is 0 Å². The number of hydrogen-bond donors (Lipinski definition) is 1. The molecule has 4 rings (SSSR count). The van der Waals surface area contributed by atoms with E-state index in [1.807, 2.05) is 0 Å².